The molecule has 4 aliphatic rings. The first-order chi connectivity index (χ1) is 12.9. The number of rotatable bonds is 5. The maximum absolute atomic E-state index is 13.1. The lowest BCUT2D eigenvalue weighted by Crippen LogP contribution is -2.62. The summed E-state index contributed by atoms with van der Waals surface area (Å²) >= 11 is 0. The topological polar surface area (TPSA) is 84.7 Å². The molecule has 4 bridgehead atoms. The van der Waals surface area contributed by atoms with Crippen molar-refractivity contribution in [3.8, 4) is 0 Å². The summed E-state index contributed by atoms with van der Waals surface area (Å²) in [5.74, 6) is 2.12. The van der Waals surface area contributed by atoms with Gasteiger partial charge in [-0.15, -0.1) is 0 Å². The zero-order valence-corrected chi connectivity index (χ0v) is 16.4. The second kappa shape index (κ2) is 6.84. The largest absolute Gasteiger partial charge is 0.464 e. The third kappa shape index (κ3) is 3.56. The predicted octanol–water partition coefficient (Wildman–Crippen LogP) is 3.35. The van der Waals surface area contributed by atoms with Gasteiger partial charge in [-0.3, -0.25) is 0 Å². The minimum Gasteiger partial charge on any atom is -0.464 e. The highest BCUT2D eigenvalue weighted by atomic mass is 16.5. The number of hydrogen-bond donors (Lipinski definition) is 1. The van der Waals surface area contributed by atoms with Crippen LogP contribution in [0, 0.1) is 17.8 Å². The zero-order valence-electron chi connectivity index (χ0n) is 16.4. The molecule has 1 aromatic rings. The van der Waals surface area contributed by atoms with Crippen LogP contribution >= 0.6 is 0 Å². The number of oxazole rings is 1. The molecule has 2 amide bonds. The number of ether oxygens (including phenoxy) is 1. The number of methoxy groups -OCH3 is 1. The molecule has 7 heteroatoms. The lowest BCUT2D eigenvalue weighted by Gasteiger charge is -2.57. The van der Waals surface area contributed by atoms with E-state index in [1.807, 2.05) is 13.8 Å². The fourth-order valence-electron chi connectivity index (χ4n) is 5.78. The number of nitrogens with one attached hydrogen (secondary N) is 1. The standard InChI is InChI=1S/C20H29N3O4/c1-12(2)23(10-17-21-16(11-27-17)18(24)26-3)19(25)22-20-7-13-4-14(8-20)6-15(5-13)9-20/h11-15H,4-10H2,1-3H3,(H,22,25). The average Bonchev–Trinajstić information content (AvgIpc) is 3.05. The van der Waals surface area contributed by atoms with Crippen LogP contribution in [0.3, 0.4) is 0 Å². The van der Waals surface area contributed by atoms with E-state index in [-0.39, 0.29) is 29.9 Å². The summed E-state index contributed by atoms with van der Waals surface area (Å²) < 4.78 is 10.0. The lowest BCUT2D eigenvalue weighted by atomic mass is 9.53. The van der Waals surface area contributed by atoms with E-state index in [9.17, 15) is 9.59 Å². The molecule has 1 heterocycles. The minimum atomic E-state index is -0.542. The Bertz CT molecular complexity index is 691. The fraction of sp³-hybridized carbons (Fsp3) is 0.750. The van der Waals surface area contributed by atoms with E-state index in [0.717, 1.165) is 37.0 Å². The van der Waals surface area contributed by atoms with Crippen LogP contribution in [0.1, 0.15) is 68.8 Å². The van der Waals surface area contributed by atoms with Crippen molar-refractivity contribution in [2.75, 3.05) is 7.11 Å². The fourth-order valence-corrected chi connectivity index (χ4v) is 5.78. The van der Waals surface area contributed by atoms with Gasteiger partial charge in [0.1, 0.15) is 6.26 Å². The van der Waals surface area contributed by atoms with Crippen molar-refractivity contribution in [2.45, 2.75) is 70.5 Å². The molecule has 4 fully saturated rings. The number of nitrogens with zero attached hydrogens (tertiary/aromatic N) is 2. The van der Waals surface area contributed by atoms with Crippen molar-refractivity contribution < 1.29 is 18.7 Å². The van der Waals surface area contributed by atoms with Gasteiger partial charge in [-0.2, -0.15) is 0 Å². The number of carbonyl (C=O) groups is 2. The molecule has 1 aromatic heterocycles. The molecule has 1 N–H and O–H groups in total. The predicted molar refractivity (Wildman–Crippen MR) is 98.0 cm³/mol. The van der Waals surface area contributed by atoms with Crippen molar-refractivity contribution in [3.05, 3.63) is 17.8 Å². The van der Waals surface area contributed by atoms with Crippen LogP contribution in [0.25, 0.3) is 0 Å². The summed E-state index contributed by atoms with van der Waals surface area (Å²) in [7, 11) is 1.30. The van der Waals surface area contributed by atoms with Gasteiger partial charge in [0.25, 0.3) is 0 Å². The normalized spacial score (nSPS) is 31.2. The molecular formula is C20H29N3O4. The monoisotopic (exact) mass is 375 g/mol. The highest BCUT2D eigenvalue weighted by molar-refractivity contribution is 5.86. The maximum Gasteiger partial charge on any atom is 0.360 e. The summed E-state index contributed by atoms with van der Waals surface area (Å²) in [6.45, 7) is 4.18. The number of aromatic nitrogens is 1. The first kappa shape index (κ1) is 18.3. The second-order valence-electron chi connectivity index (χ2n) is 8.97. The van der Waals surface area contributed by atoms with Gasteiger partial charge >= 0.3 is 12.0 Å². The molecule has 0 saturated heterocycles. The van der Waals surface area contributed by atoms with Gasteiger partial charge in [0.2, 0.25) is 5.89 Å². The van der Waals surface area contributed by atoms with E-state index in [2.05, 4.69) is 15.0 Å². The molecule has 0 unspecified atom stereocenters. The molecular weight excluding hydrogens is 346 g/mol. The molecule has 0 radical (unpaired) electrons. The Hall–Kier alpha value is -2.05. The van der Waals surface area contributed by atoms with Crippen molar-refractivity contribution in [1.29, 1.82) is 0 Å². The number of amides is 2. The molecule has 27 heavy (non-hydrogen) atoms. The first-order valence-electron chi connectivity index (χ1n) is 9.99. The van der Waals surface area contributed by atoms with E-state index in [4.69, 9.17) is 4.42 Å². The SMILES string of the molecule is COC(=O)c1coc(CN(C(=O)NC23CC4CC(CC(C4)C2)C3)C(C)C)n1. The van der Waals surface area contributed by atoms with Crippen molar-refractivity contribution >= 4 is 12.0 Å². The highest BCUT2D eigenvalue weighted by Gasteiger charge is 2.51. The van der Waals surface area contributed by atoms with E-state index in [0.29, 0.717) is 5.89 Å². The first-order valence-corrected chi connectivity index (χ1v) is 9.99. The van der Waals surface area contributed by atoms with Crippen LogP contribution in [0.15, 0.2) is 10.7 Å². The molecule has 0 aromatic carbocycles. The van der Waals surface area contributed by atoms with E-state index < -0.39 is 5.97 Å². The quantitative estimate of drug-likeness (QED) is 0.798. The van der Waals surface area contributed by atoms with Gasteiger partial charge in [0.15, 0.2) is 5.69 Å². The van der Waals surface area contributed by atoms with E-state index >= 15 is 0 Å². The van der Waals surface area contributed by atoms with Crippen molar-refractivity contribution in [2.24, 2.45) is 17.8 Å². The second-order valence-corrected chi connectivity index (χ2v) is 8.97. The highest BCUT2D eigenvalue weighted by Crippen LogP contribution is 2.55. The molecule has 0 spiro atoms. The Morgan fingerprint density at radius 3 is 2.37 bits per heavy atom. The molecule has 7 nitrogen and oxygen atoms in total. The molecule has 5 rings (SSSR count). The Labute approximate surface area is 159 Å². The van der Waals surface area contributed by atoms with Crippen LogP contribution < -0.4 is 5.32 Å². The van der Waals surface area contributed by atoms with Crippen molar-refractivity contribution in [3.63, 3.8) is 0 Å². The van der Waals surface area contributed by atoms with Gasteiger partial charge in [-0.1, -0.05) is 0 Å². The maximum atomic E-state index is 13.1. The van der Waals surface area contributed by atoms with Gasteiger partial charge < -0.3 is 19.4 Å². The van der Waals surface area contributed by atoms with Crippen molar-refractivity contribution in [1.82, 2.24) is 15.2 Å². The van der Waals surface area contributed by atoms with Crippen LogP contribution in [0.4, 0.5) is 4.79 Å². The van der Waals surface area contributed by atoms with Crippen LogP contribution in [0.5, 0.6) is 0 Å². The Kier molecular flexibility index (Phi) is 4.64. The summed E-state index contributed by atoms with van der Waals surface area (Å²) in [6.07, 6.45) is 8.64. The summed E-state index contributed by atoms with van der Waals surface area (Å²) in [5.41, 5.74) is 0.0879. The summed E-state index contributed by atoms with van der Waals surface area (Å²) in [6, 6.07) is -0.0721. The van der Waals surface area contributed by atoms with Gasteiger partial charge in [0.05, 0.1) is 13.7 Å². The van der Waals surface area contributed by atoms with Crippen LogP contribution in [-0.4, -0.2) is 40.6 Å². The van der Waals surface area contributed by atoms with Gasteiger partial charge in [-0.05, 0) is 70.1 Å². The zero-order chi connectivity index (χ0) is 19.2. The average molecular weight is 375 g/mol. The summed E-state index contributed by atoms with van der Waals surface area (Å²) in [5, 5.41) is 3.39. The number of hydrogen-bond acceptors (Lipinski definition) is 5. The van der Waals surface area contributed by atoms with Gasteiger partial charge in [-0.25, -0.2) is 14.6 Å². The number of urea groups is 1. The van der Waals surface area contributed by atoms with E-state index in [1.165, 1.54) is 32.6 Å². The minimum absolute atomic E-state index is 0.00705. The smallest absolute Gasteiger partial charge is 0.360 e. The molecule has 4 aliphatic carbocycles. The number of carbonyl (C=O) groups excluding carboxylic acids is 2. The Morgan fingerprint density at radius 2 is 1.85 bits per heavy atom. The molecule has 148 valence electrons. The lowest BCUT2D eigenvalue weighted by molar-refractivity contribution is -0.0165. The third-order valence-electron chi connectivity index (χ3n) is 6.55. The van der Waals surface area contributed by atoms with Crippen LogP contribution in [-0.2, 0) is 11.3 Å². The van der Waals surface area contributed by atoms with E-state index in [1.54, 1.807) is 4.90 Å². The molecule has 0 aliphatic heterocycles. The third-order valence-corrected chi connectivity index (χ3v) is 6.55. The van der Waals surface area contributed by atoms with Gasteiger partial charge in [0, 0.05) is 11.6 Å². The Balaban J connectivity index is 1.45. The Morgan fingerprint density at radius 1 is 1.26 bits per heavy atom. The summed E-state index contributed by atoms with van der Waals surface area (Å²) in [4.78, 5) is 30.6. The number of esters is 1. The molecule has 4 saturated carbocycles. The van der Waals surface area contributed by atoms with Crippen LogP contribution in [0.2, 0.25) is 0 Å². The molecule has 0 atom stereocenters.